The molecule has 3 aliphatic carbocycles. The van der Waals surface area contributed by atoms with Crippen molar-refractivity contribution in [3.05, 3.63) is 65.9 Å². The molecule has 3 N–H and O–H groups in total. The molecule has 2 heterocycles. The quantitative estimate of drug-likeness (QED) is 0.312. The number of nitrogens with one attached hydrogen (secondary N) is 2. The smallest absolute Gasteiger partial charge is 0.308 e. The number of aromatic nitrogens is 3. The number of benzene rings is 2. The Morgan fingerprint density at radius 2 is 1.75 bits per heavy atom. The zero-order valence-electron chi connectivity index (χ0n) is 19.8. The van der Waals surface area contributed by atoms with Gasteiger partial charge in [-0.3, -0.25) is 4.79 Å². The summed E-state index contributed by atoms with van der Waals surface area (Å²) in [5, 5.41) is 13.8. The third kappa shape index (κ3) is 3.90. The zero-order chi connectivity index (χ0) is 25.0. The van der Waals surface area contributed by atoms with Crippen molar-refractivity contribution in [2.24, 2.45) is 17.8 Å². The van der Waals surface area contributed by atoms with Crippen LogP contribution in [-0.2, 0) is 4.79 Å². The van der Waals surface area contributed by atoms with Crippen molar-refractivity contribution in [3.63, 3.8) is 0 Å². The monoisotopic (exact) mass is 488 g/mol. The molecule has 3 saturated carbocycles. The largest absolute Gasteiger partial charge is 0.481 e. The molecule has 0 amide bonds. The van der Waals surface area contributed by atoms with E-state index in [0.717, 1.165) is 42.9 Å². The second kappa shape index (κ2) is 8.69. The van der Waals surface area contributed by atoms with Crippen LogP contribution in [0.2, 0.25) is 0 Å². The molecule has 0 radical (unpaired) electrons. The number of anilines is 1. The fourth-order valence-corrected chi connectivity index (χ4v) is 6.04. The van der Waals surface area contributed by atoms with Gasteiger partial charge >= 0.3 is 5.97 Å². The molecule has 7 rings (SSSR count). The molecular weight excluding hydrogens is 462 g/mol. The number of carbonyl (C=O) groups is 1. The van der Waals surface area contributed by atoms with Crippen LogP contribution in [0, 0.1) is 36.3 Å². The number of aromatic amines is 1. The van der Waals surface area contributed by atoms with Crippen molar-refractivity contribution >= 4 is 22.7 Å². The van der Waals surface area contributed by atoms with Crippen molar-refractivity contribution in [3.8, 4) is 22.6 Å². The fraction of sp³-hybridized carbons (Fsp3) is 0.321. The van der Waals surface area contributed by atoms with Gasteiger partial charge in [-0.1, -0.05) is 29.8 Å². The minimum Gasteiger partial charge on any atom is -0.481 e. The van der Waals surface area contributed by atoms with Gasteiger partial charge in [0.1, 0.15) is 17.5 Å². The normalized spacial score (nSPS) is 23.2. The van der Waals surface area contributed by atoms with Crippen LogP contribution in [0.3, 0.4) is 0 Å². The van der Waals surface area contributed by atoms with Gasteiger partial charge in [0.2, 0.25) is 0 Å². The Morgan fingerprint density at radius 1 is 1.03 bits per heavy atom. The molecule has 3 aliphatic rings. The number of nitrogens with zero attached hydrogens (tertiary/aromatic N) is 2. The molecule has 0 spiro atoms. The van der Waals surface area contributed by atoms with E-state index >= 15 is 0 Å². The van der Waals surface area contributed by atoms with E-state index in [0.29, 0.717) is 28.3 Å². The van der Waals surface area contributed by atoms with Gasteiger partial charge in [0.25, 0.3) is 0 Å². The summed E-state index contributed by atoms with van der Waals surface area (Å²) >= 11 is 0. The Balaban J connectivity index is 1.47. The summed E-state index contributed by atoms with van der Waals surface area (Å²) in [5.74, 6) is -1.41. The zero-order valence-corrected chi connectivity index (χ0v) is 19.8. The van der Waals surface area contributed by atoms with Gasteiger partial charge < -0.3 is 15.4 Å². The lowest BCUT2D eigenvalue weighted by Gasteiger charge is -2.47. The lowest BCUT2D eigenvalue weighted by atomic mass is 9.61. The van der Waals surface area contributed by atoms with Crippen LogP contribution in [0.15, 0.2) is 48.7 Å². The maximum atomic E-state index is 14.4. The highest BCUT2D eigenvalue weighted by molar-refractivity contribution is 5.94. The fourth-order valence-electron chi connectivity index (χ4n) is 6.04. The van der Waals surface area contributed by atoms with Gasteiger partial charge in [-0.05, 0) is 50.5 Å². The van der Waals surface area contributed by atoms with E-state index in [2.05, 4.69) is 10.3 Å². The molecule has 8 heteroatoms. The Kier molecular flexibility index (Phi) is 5.47. The number of hydrogen-bond donors (Lipinski definition) is 3. The number of aryl methyl sites for hydroxylation is 1. The van der Waals surface area contributed by atoms with Crippen molar-refractivity contribution in [1.29, 1.82) is 0 Å². The van der Waals surface area contributed by atoms with Gasteiger partial charge in [0.15, 0.2) is 5.82 Å². The highest BCUT2D eigenvalue weighted by Gasteiger charge is 2.47. The number of fused-ring (bicyclic) bond motifs is 4. The second-order valence-electron chi connectivity index (χ2n) is 10.0. The first kappa shape index (κ1) is 22.6. The summed E-state index contributed by atoms with van der Waals surface area (Å²) in [5.41, 5.74) is 3.27. The van der Waals surface area contributed by atoms with E-state index in [1.165, 1.54) is 6.07 Å². The molecule has 2 aromatic heterocycles. The highest BCUT2D eigenvalue weighted by Crippen LogP contribution is 2.46. The van der Waals surface area contributed by atoms with Gasteiger partial charge in [-0.15, -0.1) is 0 Å². The van der Waals surface area contributed by atoms with Crippen molar-refractivity contribution in [2.45, 2.75) is 38.6 Å². The van der Waals surface area contributed by atoms with Crippen LogP contribution in [0.25, 0.3) is 33.5 Å². The van der Waals surface area contributed by atoms with Crippen molar-refractivity contribution in [2.75, 3.05) is 5.32 Å². The molecule has 2 unspecified atom stereocenters. The number of carboxylic acid groups (broad SMARTS) is 1. The van der Waals surface area contributed by atoms with E-state index in [-0.39, 0.29) is 23.4 Å². The first-order valence-electron chi connectivity index (χ1n) is 12.3. The number of rotatable bonds is 5. The maximum absolute atomic E-state index is 14.4. The number of aliphatic carboxylic acids is 1. The molecule has 36 heavy (non-hydrogen) atoms. The first-order chi connectivity index (χ1) is 17.4. The summed E-state index contributed by atoms with van der Waals surface area (Å²) in [4.78, 5) is 24.5. The number of H-pyrrole nitrogens is 1. The minimum absolute atomic E-state index is 0.155. The molecule has 4 aromatic rings. The number of hydrogen-bond acceptors (Lipinski definition) is 4. The van der Waals surface area contributed by atoms with E-state index in [1.54, 1.807) is 6.20 Å². The average molecular weight is 489 g/mol. The lowest BCUT2D eigenvalue weighted by molar-refractivity contribution is -0.148. The van der Waals surface area contributed by atoms with Gasteiger partial charge in [-0.2, -0.15) is 0 Å². The van der Waals surface area contributed by atoms with E-state index < -0.39 is 23.5 Å². The van der Waals surface area contributed by atoms with E-state index in [9.17, 15) is 18.7 Å². The summed E-state index contributed by atoms with van der Waals surface area (Å²) < 4.78 is 28.5. The van der Waals surface area contributed by atoms with Crippen LogP contribution in [0.5, 0.6) is 0 Å². The molecule has 2 aromatic carbocycles. The first-order valence-corrected chi connectivity index (χ1v) is 12.3. The number of halogens is 2. The third-order valence-electron chi connectivity index (χ3n) is 7.84. The molecule has 2 atom stereocenters. The molecule has 184 valence electrons. The molecule has 2 bridgehead atoms. The van der Waals surface area contributed by atoms with Crippen LogP contribution in [0.4, 0.5) is 14.6 Å². The standard InChI is InChI=1S/C28H26F2N4O2/c1-14-2-4-15(5-3-14)22-12-23(33-25-17-8-6-16(7-9-17)24(25)28(35)36)34-27(32-22)20-13-31-26-19(20)10-18(29)11-21(26)30/h2-5,10-13,16-17,24-25,31H,6-9H2,1H3,(H,35,36)(H,32,33,34). The second-order valence-corrected chi connectivity index (χ2v) is 10.0. The van der Waals surface area contributed by atoms with E-state index in [1.807, 2.05) is 37.3 Å². The molecule has 6 nitrogen and oxygen atoms in total. The van der Waals surface area contributed by atoms with Crippen molar-refractivity contribution < 1.29 is 18.7 Å². The minimum atomic E-state index is -0.780. The molecule has 0 aliphatic heterocycles. The van der Waals surface area contributed by atoms with Crippen LogP contribution < -0.4 is 5.32 Å². The Labute approximate surface area is 206 Å². The van der Waals surface area contributed by atoms with Crippen LogP contribution in [0.1, 0.15) is 31.2 Å². The molecule has 3 fully saturated rings. The summed E-state index contributed by atoms with van der Waals surface area (Å²) in [6, 6.07) is 11.6. The summed E-state index contributed by atoms with van der Waals surface area (Å²) in [7, 11) is 0. The van der Waals surface area contributed by atoms with Crippen molar-refractivity contribution in [1.82, 2.24) is 15.0 Å². The van der Waals surface area contributed by atoms with Gasteiger partial charge in [0.05, 0.1) is 17.1 Å². The SMILES string of the molecule is Cc1ccc(-c2cc(NC3C4CCC(CC4)C3C(=O)O)nc(-c3c[nH]c4c(F)cc(F)cc34)n2)cc1. The number of carboxylic acids is 1. The third-order valence-corrected chi connectivity index (χ3v) is 7.84. The molecular formula is C28H26F2N4O2. The average Bonchev–Trinajstić information content (AvgIpc) is 3.29. The Morgan fingerprint density at radius 3 is 2.47 bits per heavy atom. The topological polar surface area (TPSA) is 90.9 Å². The predicted octanol–water partition coefficient (Wildman–Crippen LogP) is 6.18. The van der Waals surface area contributed by atoms with E-state index in [4.69, 9.17) is 9.97 Å². The Bertz CT molecular complexity index is 1460. The maximum Gasteiger partial charge on any atom is 0.308 e. The summed E-state index contributed by atoms with van der Waals surface area (Å²) in [6.45, 7) is 2.00. The highest BCUT2D eigenvalue weighted by atomic mass is 19.1. The lowest BCUT2D eigenvalue weighted by Crippen LogP contribution is -2.51. The van der Waals surface area contributed by atoms with Gasteiger partial charge in [-0.25, -0.2) is 18.7 Å². The molecule has 0 saturated heterocycles. The summed E-state index contributed by atoms with van der Waals surface area (Å²) in [6.07, 6.45) is 5.45. The Hall–Kier alpha value is -3.81. The van der Waals surface area contributed by atoms with Gasteiger partial charge in [0, 0.05) is 40.9 Å². The predicted molar refractivity (Wildman–Crippen MR) is 133 cm³/mol. The van der Waals surface area contributed by atoms with Crippen LogP contribution >= 0.6 is 0 Å². The van der Waals surface area contributed by atoms with Crippen LogP contribution in [-0.4, -0.2) is 32.1 Å².